The van der Waals surface area contributed by atoms with Crippen molar-refractivity contribution in [2.75, 3.05) is 5.75 Å². The summed E-state index contributed by atoms with van der Waals surface area (Å²) in [6.07, 6.45) is 1.76. The molecule has 0 spiro atoms. The lowest BCUT2D eigenvalue weighted by atomic mass is 10.3. The third-order valence-corrected chi connectivity index (χ3v) is 1.88. The number of aliphatic carboxylic acids is 1. The maximum atomic E-state index is 10.0. The molecule has 0 atom stereocenters. The summed E-state index contributed by atoms with van der Waals surface area (Å²) in [6.45, 7) is 0. The Morgan fingerprint density at radius 3 is 2.64 bits per heavy atom. The first-order valence-electron chi connectivity index (χ1n) is 3.35. The zero-order valence-corrected chi connectivity index (χ0v) is 7.06. The number of carbonyl (C=O) groups is 1. The lowest BCUT2D eigenvalue weighted by Gasteiger charge is -1.93. The van der Waals surface area contributed by atoms with Gasteiger partial charge in [0.15, 0.2) is 0 Å². The fraction of sp³-hybridized carbons (Fsp3) is 0.667. The van der Waals surface area contributed by atoms with E-state index in [0.29, 0.717) is 11.6 Å². The molecular weight excluding hydrogens is 164 g/mol. The number of carboxylic acids is 1. The Hall–Kier alpha value is -0.710. The van der Waals surface area contributed by atoms with Gasteiger partial charge in [0.05, 0.1) is 0 Å². The molecule has 5 N–H and O–H groups in total. The van der Waals surface area contributed by atoms with Crippen molar-refractivity contribution < 1.29 is 15.3 Å². The first-order valence-corrected chi connectivity index (χ1v) is 4.34. The molecule has 0 amide bonds. The number of hydrogen-bond donors (Lipinski definition) is 3. The number of hydrogen-bond acceptors (Lipinski definition) is 2. The number of thioether (sulfide) groups is 1. The summed E-state index contributed by atoms with van der Waals surface area (Å²) >= 11 is 1.36. The largest absolute Gasteiger partial charge is 0.481 e. The van der Waals surface area contributed by atoms with Crippen molar-refractivity contribution in [3.63, 3.8) is 0 Å². The van der Waals surface area contributed by atoms with E-state index >= 15 is 0 Å². The molecule has 64 valence electrons. The first-order chi connectivity index (χ1) is 5.13. The molecule has 5 heteroatoms. The second kappa shape index (κ2) is 6.03. The Morgan fingerprint density at radius 1 is 1.55 bits per heavy atom. The Balaban J connectivity index is 3.03. The van der Waals surface area contributed by atoms with Crippen molar-refractivity contribution >= 4 is 22.9 Å². The van der Waals surface area contributed by atoms with Crippen LogP contribution in [0.3, 0.4) is 0 Å². The van der Waals surface area contributed by atoms with Gasteiger partial charge in [0.25, 0.3) is 5.17 Å². The average Bonchev–Trinajstić information content (AvgIpc) is 1.85. The molecular formula is C6H13N2O2S+. The molecule has 0 saturated carbocycles. The SMILES string of the molecule is NC(=[NH2+])SCCCCC(=O)O. The standard InChI is InChI=1S/C6H12N2O2S/c7-6(8)11-4-2-1-3-5(9)10/h1-4H2,(H3,7,8)(H,9,10)/p+1. The Bertz CT molecular complexity index is 134. The lowest BCUT2D eigenvalue weighted by molar-refractivity contribution is -0.137. The molecule has 4 nitrogen and oxygen atoms in total. The first kappa shape index (κ1) is 10.3. The fourth-order valence-electron chi connectivity index (χ4n) is 0.568. The maximum absolute atomic E-state index is 10.0. The van der Waals surface area contributed by atoms with Crippen molar-refractivity contribution in [1.82, 2.24) is 0 Å². The van der Waals surface area contributed by atoms with Crippen molar-refractivity contribution in [2.24, 2.45) is 5.73 Å². The predicted octanol–water partition coefficient (Wildman–Crippen LogP) is -0.952. The summed E-state index contributed by atoms with van der Waals surface area (Å²) in [5.41, 5.74) is 5.18. The third kappa shape index (κ3) is 9.29. The van der Waals surface area contributed by atoms with E-state index in [2.05, 4.69) is 0 Å². The van der Waals surface area contributed by atoms with Crippen LogP contribution in [0, 0.1) is 0 Å². The van der Waals surface area contributed by atoms with Gasteiger partial charge in [-0.3, -0.25) is 15.9 Å². The third-order valence-electron chi connectivity index (χ3n) is 1.05. The highest BCUT2D eigenvalue weighted by molar-refractivity contribution is 8.13. The van der Waals surface area contributed by atoms with Crippen LogP contribution in [0.4, 0.5) is 0 Å². The molecule has 0 fully saturated rings. The van der Waals surface area contributed by atoms with Crippen molar-refractivity contribution in [3.05, 3.63) is 0 Å². The van der Waals surface area contributed by atoms with Crippen LogP contribution < -0.4 is 11.1 Å². The van der Waals surface area contributed by atoms with Gasteiger partial charge in [0.1, 0.15) is 0 Å². The molecule has 0 saturated heterocycles. The Kier molecular flexibility index (Phi) is 5.64. The van der Waals surface area contributed by atoms with Crippen LogP contribution in [0.1, 0.15) is 19.3 Å². The second-order valence-electron chi connectivity index (χ2n) is 2.10. The monoisotopic (exact) mass is 177 g/mol. The lowest BCUT2D eigenvalue weighted by Crippen LogP contribution is -2.43. The minimum absolute atomic E-state index is 0.227. The molecule has 0 aliphatic carbocycles. The van der Waals surface area contributed by atoms with Gasteiger partial charge in [-0.15, -0.1) is 0 Å². The zero-order chi connectivity index (χ0) is 8.69. The topological polar surface area (TPSA) is 88.9 Å². The van der Waals surface area contributed by atoms with E-state index in [1.165, 1.54) is 11.8 Å². The van der Waals surface area contributed by atoms with E-state index in [1.54, 1.807) is 0 Å². The van der Waals surface area contributed by atoms with Crippen LogP contribution >= 0.6 is 11.8 Å². The number of carboxylic acid groups (broad SMARTS) is 1. The van der Waals surface area contributed by atoms with Gasteiger partial charge in [-0.1, -0.05) is 0 Å². The van der Waals surface area contributed by atoms with Gasteiger partial charge in [0.2, 0.25) is 0 Å². The van der Waals surface area contributed by atoms with Crippen LogP contribution in [-0.4, -0.2) is 22.0 Å². The number of rotatable bonds is 5. The molecule has 0 aromatic heterocycles. The zero-order valence-electron chi connectivity index (χ0n) is 6.25. The summed E-state index contributed by atoms with van der Waals surface area (Å²) in [5.74, 6) is 0.0509. The molecule has 0 aromatic carbocycles. The van der Waals surface area contributed by atoms with E-state index in [9.17, 15) is 4.79 Å². The highest BCUT2D eigenvalue weighted by atomic mass is 32.2. The predicted molar refractivity (Wildman–Crippen MR) is 45.1 cm³/mol. The molecule has 0 rings (SSSR count). The van der Waals surface area contributed by atoms with Crippen LogP contribution in [0.25, 0.3) is 0 Å². The summed E-state index contributed by atoms with van der Waals surface area (Å²) in [4.78, 5) is 10.0. The van der Waals surface area contributed by atoms with E-state index in [-0.39, 0.29) is 6.42 Å². The van der Waals surface area contributed by atoms with Crippen molar-refractivity contribution in [2.45, 2.75) is 19.3 Å². The van der Waals surface area contributed by atoms with Crippen LogP contribution in [0.5, 0.6) is 0 Å². The fourth-order valence-corrected chi connectivity index (χ4v) is 1.15. The highest BCUT2D eigenvalue weighted by Gasteiger charge is 1.98. The van der Waals surface area contributed by atoms with Gasteiger partial charge >= 0.3 is 5.97 Å². The van der Waals surface area contributed by atoms with E-state index in [1.807, 2.05) is 0 Å². The van der Waals surface area contributed by atoms with Crippen molar-refractivity contribution in [1.29, 1.82) is 0 Å². The summed E-state index contributed by atoms with van der Waals surface area (Å²) in [5, 5.41) is 13.8. The quantitative estimate of drug-likeness (QED) is 0.287. The highest BCUT2D eigenvalue weighted by Crippen LogP contribution is 2.03. The van der Waals surface area contributed by atoms with Gasteiger partial charge in [-0.2, -0.15) is 0 Å². The van der Waals surface area contributed by atoms with Gasteiger partial charge < -0.3 is 5.11 Å². The van der Waals surface area contributed by atoms with E-state index in [4.69, 9.17) is 16.2 Å². The van der Waals surface area contributed by atoms with Crippen molar-refractivity contribution in [3.8, 4) is 0 Å². The normalized spacial score (nSPS) is 9.45. The minimum atomic E-state index is -0.750. The smallest absolute Gasteiger partial charge is 0.303 e. The van der Waals surface area contributed by atoms with Gasteiger partial charge in [0, 0.05) is 12.2 Å². The molecule has 0 bridgehead atoms. The minimum Gasteiger partial charge on any atom is -0.481 e. The van der Waals surface area contributed by atoms with Gasteiger partial charge in [-0.25, -0.2) is 0 Å². The average molecular weight is 177 g/mol. The number of nitrogens with two attached hydrogens (primary N) is 2. The van der Waals surface area contributed by atoms with E-state index < -0.39 is 5.97 Å². The molecule has 0 aromatic rings. The molecule has 0 aliphatic rings. The molecule has 11 heavy (non-hydrogen) atoms. The summed E-state index contributed by atoms with van der Waals surface area (Å²) < 4.78 is 0. The molecule has 0 unspecified atom stereocenters. The Morgan fingerprint density at radius 2 is 2.18 bits per heavy atom. The van der Waals surface area contributed by atoms with E-state index in [0.717, 1.165) is 12.2 Å². The van der Waals surface area contributed by atoms with Gasteiger partial charge in [-0.05, 0) is 24.6 Å². The van der Waals surface area contributed by atoms with Crippen LogP contribution in [0.15, 0.2) is 0 Å². The number of unbranched alkanes of at least 4 members (excludes halogenated alkanes) is 1. The second-order valence-corrected chi connectivity index (χ2v) is 3.27. The van der Waals surface area contributed by atoms with Crippen LogP contribution in [0.2, 0.25) is 0 Å². The summed E-state index contributed by atoms with van der Waals surface area (Å²) in [6, 6.07) is 0. The maximum Gasteiger partial charge on any atom is 0.303 e. The molecule has 0 radical (unpaired) electrons. The Labute approximate surface area is 69.7 Å². The summed E-state index contributed by atoms with van der Waals surface area (Å²) in [7, 11) is 0. The van der Waals surface area contributed by atoms with Crippen LogP contribution in [-0.2, 0) is 4.79 Å². The number of amidine groups is 1. The molecule has 0 heterocycles. The molecule has 0 aliphatic heterocycles.